The number of hydrogen-bond donors (Lipinski definition) is 1. The van der Waals surface area contributed by atoms with Crippen molar-refractivity contribution in [3.8, 4) is 0 Å². The van der Waals surface area contributed by atoms with E-state index in [4.69, 9.17) is 0 Å². The van der Waals surface area contributed by atoms with Crippen molar-refractivity contribution in [1.82, 2.24) is 0 Å². The predicted molar refractivity (Wildman–Crippen MR) is 53.8 cm³/mol. The first-order chi connectivity index (χ1) is 6.15. The molecule has 1 aromatic rings. The molecule has 1 atom stereocenters. The zero-order valence-electron chi connectivity index (χ0n) is 8.12. The largest absolute Gasteiger partial charge is 0.371 e. The Labute approximate surface area is 78.8 Å². The lowest BCUT2D eigenvalue weighted by molar-refractivity contribution is 0.0667. The number of anilines is 1. The van der Waals surface area contributed by atoms with Gasteiger partial charge in [-0.25, -0.2) is 0 Å². The van der Waals surface area contributed by atoms with E-state index in [1.165, 1.54) is 11.3 Å². The molecule has 0 saturated heterocycles. The topological polar surface area (TPSA) is 23.5 Å². The van der Waals surface area contributed by atoms with Crippen LogP contribution in [0.3, 0.4) is 0 Å². The van der Waals surface area contributed by atoms with Crippen molar-refractivity contribution in [2.45, 2.75) is 26.0 Å². The van der Waals surface area contributed by atoms with E-state index in [1.54, 1.807) is 0 Å². The summed E-state index contributed by atoms with van der Waals surface area (Å²) in [6, 6.07) is 8.19. The van der Waals surface area contributed by atoms with Gasteiger partial charge in [-0.15, -0.1) is 0 Å². The van der Waals surface area contributed by atoms with Gasteiger partial charge >= 0.3 is 0 Å². The standard InChI is InChI=1S/C11H15NO/c1-3-12-10-7-5-4-6-9(10)8-11(12,2)13/h4-7,13H,3,8H2,1-2H3. The summed E-state index contributed by atoms with van der Waals surface area (Å²) in [6.07, 6.45) is 0.733. The van der Waals surface area contributed by atoms with E-state index in [1.807, 2.05) is 24.0 Å². The van der Waals surface area contributed by atoms with Gasteiger partial charge in [0.25, 0.3) is 0 Å². The zero-order chi connectivity index (χ0) is 9.47. The summed E-state index contributed by atoms with van der Waals surface area (Å²) in [6.45, 7) is 4.79. The average molecular weight is 177 g/mol. The highest BCUT2D eigenvalue weighted by Crippen LogP contribution is 2.36. The van der Waals surface area contributed by atoms with Crippen molar-refractivity contribution in [3.05, 3.63) is 29.8 Å². The monoisotopic (exact) mass is 177 g/mol. The average Bonchev–Trinajstić information content (AvgIpc) is 2.33. The van der Waals surface area contributed by atoms with Crippen molar-refractivity contribution in [2.75, 3.05) is 11.4 Å². The molecule has 1 aromatic carbocycles. The van der Waals surface area contributed by atoms with Crippen molar-refractivity contribution < 1.29 is 5.11 Å². The number of fused-ring (bicyclic) bond motifs is 1. The molecule has 1 unspecified atom stereocenters. The normalized spacial score (nSPS) is 26.2. The number of nitrogens with zero attached hydrogens (tertiary/aromatic N) is 1. The Kier molecular flexibility index (Phi) is 1.81. The highest BCUT2D eigenvalue weighted by molar-refractivity contribution is 5.60. The fourth-order valence-electron chi connectivity index (χ4n) is 2.15. The molecule has 0 spiro atoms. The zero-order valence-corrected chi connectivity index (χ0v) is 8.12. The first kappa shape index (κ1) is 8.57. The highest BCUT2D eigenvalue weighted by atomic mass is 16.3. The van der Waals surface area contributed by atoms with Crippen LogP contribution in [-0.2, 0) is 6.42 Å². The number of rotatable bonds is 1. The van der Waals surface area contributed by atoms with Crippen LogP contribution in [0, 0.1) is 0 Å². The minimum atomic E-state index is -0.696. The molecule has 0 fully saturated rings. The Morgan fingerprint density at radius 2 is 2.15 bits per heavy atom. The Hall–Kier alpha value is -1.02. The van der Waals surface area contributed by atoms with E-state index in [9.17, 15) is 5.11 Å². The Morgan fingerprint density at radius 1 is 1.46 bits per heavy atom. The predicted octanol–water partition coefficient (Wildman–Crippen LogP) is 1.78. The van der Waals surface area contributed by atoms with Crippen molar-refractivity contribution in [1.29, 1.82) is 0 Å². The number of likely N-dealkylation sites (N-methyl/N-ethyl adjacent to an activating group) is 1. The third-order valence-electron chi connectivity index (χ3n) is 2.71. The van der Waals surface area contributed by atoms with Crippen LogP contribution in [0.2, 0.25) is 0 Å². The Bertz CT molecular complexity index is 320. The maximum atomic E-state index is 10.1. The molecule has 2 heteroatoms. The van der Waals surface area contributed by atoms with E-state index in [0.717, 1.165) is 13.0 Å². The third-order valence-corrected chi connectivity index (χ3v) is 2.71. The molecule has 0 saturated carbocycles. The number of aliphatic hydroxyl groups is 1. The van der Waals surface area contributed by atoms with Crippen LogP contribution in [0.25, 0.3) is 0 Å². The molecule has 13 heavy (non-hydrogen) atoms. The molecule has 0 bridgehead atoms. The summed E-state index contributed by atoms with van der Waals surface area (Å²) < 4.78 is 0. The molecule has 1 N–H and O–H groups in total. The molecule has 1 aliphatic rings. The summed E-state index contributed by atoms with van der Waals surface area (Å²) in [5.74, 6) is 0. The first-order valence-corrected chi connectivity index (χ1v) is 4.73. The van der Waals surface area contributed by atoms with Crippen LogP contribution in [0.1, 0.15) is 19.4 Å². The number of hydrogen-bond acceptors (Lipinski definition) is 2. The van der Waals surface area contributed by atoms with E-state index in [-0.39, 0.29) is 0 Å². The molecule has 2 nitrogen and oxygen atoms in total. The second kappa shape index (κ2) is 2.74. The molecule has 1 heterocycles. The summed E-state index contributed by atoms with van der Waals surface area (Å²) in [5.41, 5.74) is 1.72. The van der Waals surface area contributed by atoms with Crippen LogP contribution in [0.15, 0.2) is 24.3 Å². The maximum Gasteiger partial charge on any atom is 0.139 e. The van der Waals surface area contributed by atoms with E-state index < -0.39 is 5.72 Å². The molecule has 0 aromatic heterocycles. The second-order valence-corrected chi connectivity index (χ2v) is 3.77. The van der Waals surface area contributed by atoms with E-state index in [0.29, 0.717) is 0 Å². The number of benzene rings is 1. The summed E-state index contributed by atoms with van der Waals surface area (Å²) in [7, 11) is 0. The number of para-hydroxylation sites is 1. The molecule has 0 amide bonds. The lowest BCUT2D eigenvalue weighted by Crippen LogP contribution is -2.43. The Balaban J connectivity index is 2.46. The fourth-order valence-corrected chi connectivity index (χ4v) is 2.15. The minimum absolute atomic E-state index is 0.696. The van der Waals surface area contributed by atoms with Crippen molar-refractivity contribution in [2.24, 2.45) is 0 Å². The van der Waals surface area contributed by atoms with Crippen LogP contribution >= 0.6 is 0 Å². The molecule has 70 valence electrons. The van der Waals surface area contributed by atoms with Gasteiger partial charge in [0.2, 0.25) is 0 Å². The lowest BCUT2D eigenvalue weighted by Gasteiger charge is -2.31. The van der Waals surface area contributed by atoms with Gasteiger partial charge in [0.05, 0.1) is 0 Å². The van der Waals surface area contributed by atoms with Gasteiger partial charge in [-0.1, -0.05) is 18.2 Å². The van der Waals surface area contributed by atoms with Gasteiger partial charge in [0.15, 0.2) is 0 Å². The van der Waals surface area contributed by atoms with E-state index in [2.05, 4.69) is 19.1 Å². The molecule has 0 radical (unpaired) electrons. The Morgan fingerprint density at radius 3 is 2.85 bits per heavy atom. The van der Waals surface area contributed by atoms with Crippen LogP contribution in [0.4, 0.5) is 5.69 Å². The maximum absolute atomic E-state index is 10.1. The van der Waals surface area contributed by atoms with Crippen molar-refractivity contribution >= 4 is 5.69 Å². The van der Waals surface area contributed by atoms with Crippen LogP contribution < -0.4 is 4.90 Å². The van der Waals surface area contributed by atoms with Gasteiger partial charge in [-0.05, 0) is 25.5 Å². The van der Waals surface area contributed by atoms with E-state index >= 15 is 0 Å². The third kappa shape index (κ3) is 1.22. The molecular weight excluding hydrogens is 162 g/mol. The summed E-state index contributed by atoms with van der Waals surface area (Å²) >= 11 is 0. The van der Waals surface area contributed by atoms with Gasteiger partial charge in [0, 0.05) is 18.7 Å². The van der Waals surface area contributed by atoms with Crippen LogP contribution in [-0.4, -0.2) is 17.4 Å². The van der Waals surface area contributed by atoms with Crippen LogP contribution in [0.5, 0.6) is 0 Å². The highest BCUT2D eigenvalue weighted by Gasteiger charge is 2.36. The summed E-state index contributed by atoms with van der Waals surface area (Å²) in [5, 5.41) is 10.1. The lowest BCUT2D eigenvalue weighted by atomic mass is 10.1. The van der Waals surface area contributed by atoms with Gasteiger partial charge in [0.1, 0.15) is 5.72 Å². The first-order valence-electron chi connectivity index (χ1n) is 4.73. The SMILES string of the molecule is CCN1c2ccccc2CC1(C)O. The molecule has 0 aliphatic carbocycles. The van der Waals surface area contributed by atoms with Crippen molar-refractivity contribution in [3.63, 3.8) is 0 Å². The molecule has 2 rings (SSSR count). The van der Waals surface area contributed by atoms with Gasteiger partial charge in [-0.3, -0.25) is 0 Å². The fraction of sp³-hybridized carbons (Fsp3) is 0.455. The van der Waals surface area contributed by atoms with Gasteiger partial charge < -0.3 is 10.0 Å². The smallest absolute Gasteiger partial charge is 0.139 e. The molecular formula is C11H15NO. The quantitative estimate of drug-likeness (QED) is 0.706. The molecule has 1 aliphatic heterocycles. The van der Waals surface area contributed by atoms with Gasteiger partial charge in [-0.2, -0.15) is 0 Å². The summed E-state index contributed by atoms with van der Waals surface area (Å²) in [4.78, 5) is 2.04. The second-order valence-electron chi connectivity index (χ2n) is 3.77. The minimum Gasteiger partial charge on any atom is -0.371 e.